The Kier molecular flexibility index (Phi) is 1.42. The van der Waals surface area contributed by atoms with Gasteiger partial charge in [-0.2, -0.15) is 0 Å². The van der Waals surface area contributed by atoms with Gasteiger partial charge in [0.2, 0.25) is 5.88 Å². The third-order valence-corrected chi connectivity index (χ3v) is 3.31. The number of nitrogens with zero attached hydrogens (tertiary/aromatic N) is 1. The number of ether oxygens (including phenoxy) is 1. The van der Waals surface area contributed by atoms with Gasteiger partial charge in [-0.3, -0.25) is 0 Å². The minimum Gasteiger partial charge on any atom is -0.472 e. The Morgan fingerprint density at radius 2 is 1.80 bits per heavy atom. The van der Waals surface area contributed by atoms with Gasteiger partial charge in [-0.15, -0.1) is 0 Å². The lowest BCUT2D eigenvalue weighted by Crippen LogP contribution is -2.41. The first-order chi connectivity index (χ1) is 14.0. The molecule has 0 bridgehead atoms. The second-order valence-corrected chi connectivity index (χ2v) is 5.55. The summed E-state index contributed by atoms with van der Waals surface area (Å²) >= 11 is 0. The first-order valence-corrected chi connectivity index (χ1v) is 6.02. The van der Waals surface area contributed by atoms with Crippen LogP contribution in [-0.2, 0) is 9.31 Å². The van der Waals surface area contributed by atoms with Crippen LogP contribution in [0.3, 0.4) is 0 Å². The van der Waals surface area contributed by atoms with E-state index in [9.17, 15) is 0 Å². The van der Waals surface area contributed by atoms with E-state index in [1.165, 1.54) is 0 Å². The van der Waals surface area contributed by atoms with Crippen molar-refractivity contribution in [3.8, 4) is 5.88 Å². The summed E-state index contributed by atoms with van der Waals surface area (Å²) in [4.78, 5) is 3.85. The SMILES string of the molecule is [2H]c1c(OC(C([2H])([2H])[2H])(C([2H])([2H])[2H])C([2H])([2H])[2H])nc(B2OC(C)(C)C(C)(C)O2)c([2H])c1[2H]. The molecule has 2 heterocycles. The van der Waals surface area contributed by atoms with Crippen LogP contribution in [0, 0.1) is 0 Å². The number of pyridine rings is 1. The maximum atomic E-state index is 8.14. The summed E-state index contributed by atoms with van der Waals surface area (Å²) in [6, 6.07) is -2.34. The standard InChI is InChI=1S/C15H24BNO3/c1-13(2,3)18-12-10-8-9-11(17-12)16-19-14(4,5)15(6,7)20-16/h8-10H,1-7H3/i1D3,2D3,3D3,8D,9D,10D. The fourth-order valence-electron chi connectivity index (χ4n) is 1.57. The van der Waals surface area contributed by atoms with Crippen LogP contribution in [0.25, 0.3) is 0 Å². The van der Waals surface area contributed by atoms with E-state index in [0.717, 1.165) is 0 Å². The summed E-state index contributed by atoms with van der Waals surface area (Å²) < 4.78 is 110. The Morgan fingerprint density at radius 3 is 2.35 bits per heavy atom. The molecule has 110 valence electrons. The lowest BCUT2D eigenvalue weighted by molar-refractivity contribution is 0.00578. The largest absolute Gasteiger partial charge is 0.514 e. The molecule has 0 aromatic carbocycles. The highest BCUT2D eigenvalue weighted by atomic mass is 16.7. The molecule has 0 radical (unpaired) electrons. The predicted molar refractivity (Wildman–Crippen MR) is 80.3 cm³/mol. The maximum absolute atomic E-state index is 8.14. The summed E-state index contributed by atoms with van der Waals surface area (Å²) in [6.07, 6.45) is 0. The summed E-state index contributed by atoms with van der Waals surface area (Å²) in [5, 5.41) is 0. The topological polar surface area (TPSA) is 40.6 Å². The fraction of sp³-hybridized carbons (Fsp3) is 0.667. The summed E-state index contributed by atoms with van der Waals surface area (Å²) in [5.74, 6) is -1.04. The lowest BCUT2D eigenvalue weighted by Gasteiger charge is -2.32. The van der Waals surface area contributed by atoms with Crippen molar-refractivity contribution in [1.82, 2.24) is 4.98 Å². The van der Waals surface area contributed by atoms with Gasteiger partial charge in [0, 0.05) is 18.4 Å². The van der Waals surface area contributed by atoms with Crippen molar-refractivity contribution >= 4 is 12.7 Å². The Morgan fingerprint density at radius 1 is 1.20 bits per heavy atom. The maximum Gasteiger partial charge on any atom is 0.514 e. The molecule has 2 rings (SSSR count). The van der Waals surface area contributed by atoms with Gasteiger partial charge in [0.25, 0.3) is 0 Å². The first-order valence-electron chi connectivity index (χ1n) is 12.0. The van der Waals surface area contributed by atoms with Gasteiger partial charge in [0.05, 0.1) is 20.9 Å². The van der Waals surface area contributed by atoms with Crippen molar-refractivity contribution in [1.29, 1.82) is 0 Å². The van der Waals surface area contributed by atoms with Crippen LogP contribution in [0.4, 0.5) is 0 Å². The summed E-state index contributed by atoms with van der Waals surface area (Å²) in [6.45, 7) is -4.29. The Balaban J connectivity index is 2.74. The van der Waals surface area contributed by atoms with Crippen LogP contribution >= 0.6 is 0 Å². The molecule has 1 fully saturated rings. The van der Waals surface area contributed by atoms with Crippen molar-refractivity contribution in [3.63, 3.8) is 0 Å². The number of rotatable bonds is 2. The van der Waals surface area contributed by atoms with Crippen LogP contribution in [0.1, 0.15) is 64.7 Å². The summed E-state index contributed by atoms with van der Waals surface area (Å²) in [7, 11) is -1.33. The molecule has 1 aromatic heterocycles. The van der Waals surface area contributed by atoms with Crippen molar-refractivity contribution < 1.29 is 30.5 Å². The molecule has 1 saturated heterocycles. The molecular formula is C15H24BNO3. The molecule has 5 heteroatoms. The van der Waals surface area contributed by atoms with E-state index in [2.05, 4.69) is 4.98 Å². The van der Waals surface area contributed by atoms with E-state index < -0.39 is 68.5 Å². The van der Waals surface area contributed by atoms with E-state index in [4.69, 9.17) is 30.5 Å². The van der Waals surface area contributed by atoms with Crippen LogP contribution in [-0.4, -0.2) is 28.9 Å². The minimum atomic E-state index is -3.75. The third-order valence-electron chi connectivity index (χ3n) is 3.31. The van der Waals surface area contributed by atoms with Gasteiger partial charge in [0.15, 0.2) is 0 Å². The highest BCUT2D eigenvalue weighted by Gasteiger charge is 2.52. The van der Waals surface area contributed by atoms with Crippen molar-refractivity contribution in [2.75, 3.05) is 0 Å². The Bertz CT molecular complexity index is 842. The fourth-order valence-corrected chi connectivity index (χ4v) is 1.57. The van der Waals surface area contributed by atoms with Crippen LogP contribution < -0.4 is 10.3 Å². The monoisotopic (exact) mass is 289 g/mol. The highest BCUT2D eigenvalue weighted by Crippen LogP contribution is 2.36. The average Bonchev–Trinajstić information content (AvgIpc) is 2.76. The predicted octanol–water partition coefficient (Wildman–Crippen LogP) is 2.56. The molecule has 0 N–H and O–H groups in total. The molecule has 0 saturated carbocycles. The molecule has 1 aliphatic rings. The molecule has 0 amide bonds. The van der Waals surface area contributed by atoms with Crippen LogP contribution in [0.5, 0.6) is 5.88 Å². The summed E-state index contributed by atoms with van der Waals surface area (Å²) in [5.41, 5.74) is -5.89. The van der Waals surface area contributed by atoms with Gasteiger partial charge in [-0.05, 0) is 54.3 Å². The highest BCUT2D eigenvalue weighted by molar-refractivity contribution is 6.61. The van der Waals surface area contributed by atoms with Crippen molar-refractivity contribution in [3.05, 3.63) is 18.1 Å². The number of aromatic nitrogens is 1. The quantitative estimate of drug-likeness (QED) is 0.785. The van der Waals surface area contributed by atoms with Crippen molar-refractivity contribution in [2.45, 2.75) is 65.1 Å². The second kappa shape index (κ2) is 4.74. The van der Waals surface area contributed by atoms with E-state index in [1.807, 2.05) is 0 Å². The molecule has 1 aliphatic heterocycles. The molecule has 0 spiro atoms. The molecule has 1 aromatic rings. The molecule has 0 atom stereocenters. The van der Waals surface area contributed by atoms with E-state index >= 15 is 0 Å². The molecule has 4 nitrogen and oxygen atoms in total. The third kappa shape index (κ3) is 3.15. The van der Waals surface area contributed by atoms with E-state index in [1.54, 1.807) is 27.7 Å². The lowest BCUT2D eigenvalue weighted by atomic mass is 9.84. The normalized spacial score (nSPS) is 31.7. The molecular weight excluding hydrogens is 253 g/mol. The smallest absolute Gasteiger partial charge is 0.472 e. The number of hydrogen-bond acceptors (Lipinski definition) is 4. The minimum absolute atomic E-state index is 0.379. The molecule has 0 aliphatic carbocycles. The molecule has 20 heavy (non-hydrogen) atoms. The zero-order chi connectivity index (χ0) is 25.3. The van der Waals surface area contributed by atoms with Crippen LogP contribution in [0.15, 0.2) is 18.1 Å². The Hall–Kier alpha value is -1.07. The zero-order valence-corrected chi connectivity index (χ0v) is 11.7. The van der Waals surface area contributed by atoms with Gasteiger partial charge in [-0.1, -0.05) is 6.04 Å². The van der Waals surface area contributed by atoms with Gasteiger partial charge in [-0.25, -0.2) is 4.98 Å². The van der Waals surface area contributed by atoms with Crippen molar-refractivity contribution in [2.24, 2.45) is 0 Å². The molecule has 0 unspecified atom stereocenters. The number of hydrogen-bond donors (Lipinski definition) is 0. The van der Waals surface area contributed by atoms with E-state index in [0.29, 0.717) is 0 Å². The first kappa shape index (κ1) is 5.97. The van der Waals surface area contributed by atoms with Gasteiger partial charge in [0.1, 0.15) is 5.60 Å². The van der Waals surface area contributed by atoms with Gasteiger partial charge >= 0.3 is 7.12 Å². The average molecular weight is 289 g/mol. The van der Waals surface area contributed by atoms with Crippen LogP contribution in [0.2, 0.25) is 0 Å². The van der Waals surface area contributed by atoms with E-state index in [-0.39, 0.29) is 5.59 Å². The second-order valence-electron chi connectivity index (χ2n) is 5.55. The zero-order valence-electron chi connectivity index (χ0n) is 23.7. The Labute approximate surface area is 138 Å². The van der Waals surface area contributed by atoms with Gasteiger partial charge < -0.3 is 14.0 Å².